The SMILES string of the molecule is CC(C)(C)OC(=O)N[C@H]1C=C[C@@H](CC(=O)O)C1. The number of aliphatic carboxylic acids is 1. The molecule has 1 aliphatic rings. The van der Waals surface area contributed by atoms with E-state index in [1.165, 1.54) is 0 Å². The first-order chi connectivity index (χ1) is 7.76. The lowest BCUT2D eigenvalue weighted by Crippen LogP contribution is -2.37. The Hall–Kier alpha value is -1.52. The fraction of sp³-hybridized carbons (Fsp3) is 0.667. The van der Waals surface area contributed by atoms with Gasteiger partial charge in [-0.2, -0.15) is 0 Å². The Bertz CT molecular complexity index is 330. The summed E-state index contributed by atoms with van der Waals surface area (Å²) in [7, 11) is 0. The zero-order chi connectivity index (χ0) is 13.1. The number of rotatable bonds is 3. The van der Waals surface area contributed by atoms with Crippen LogP contribution in [0.4, 0.5) is 4.79 Å². The normalized spacial score (nSPS) is 23.5. The molecule has 1 amide bonds. The van der Waals surface area contributed by atoms with Crippen molar-refractivity contribution in [2.75, 3.05) is 0 Å². The van der Waals surface area contributed by atoms with E-state index >= 15 is 0 Å². The third-order valence-corrected chi connectivity index (χ3v) is 2.31. The van der Waals surface area contributed by atoms with E-state index in [2.05, 4.69) is 5.32 Å². The van der Waals surface area contributed by atoms with Crippen LogP contribution in [0.3, 0.4) is 0 Å². The molecule has 0 fully saturated rings. The maximum atomic E-state index is 11.5. The smallest absolute Gasteiger partial charge is 0.408 e. The topological polar surface area (TPSA) is 75.6 Å². The largest absolute Gasteiger partial charge is 0.481 e. The highest BCUT2D eigenvalue weighted by Gasteiger charge is 2.24. The highest BCUT2D eigenvalue weighted by Crippen LogP contribution is 2.21. The Morgan fingerprint density at radius 3 is 2.59 bits per heavy atom. The molecule has 2 N–H and O–H groups in total. The number of carbonyl (C=O) groups is 2. The Morgan fingerprint density at radius 1 is 1.41 bits per heavy atom. The van der Waals surface area contributed by atoms with E-state index in [1.807, 2.05) is 12.2 Å². The maximum absolute atomic E-state index is 11.5. The predicted molar refractivity (Wildman–Crippen MR) is 62.7 cm³/mol. The highest BCUT2D eigenvalue weighted by atomic mass is 16.6. The summed E-state index contributed by atoms with van der Waals surface area (Å²) in [5, 5.41) is 11.3. The molecule has 1 aliphatic carbocycles. The Morgan fingerprint density at radius 2 is 2.06 bits per heavy atom. The molecule has 5 heteroatoms. The van der Waals surface area contributed by atoms with Gasteiger partial charge in [0.2, 0.25) is 0 Å². The Labute approximate surface area is 101 Å². The summed E-state index contributed by atoms with van der Waals surface area (Å²) < 4.78 is 5.12. The molecule has 96 valence electrons. The summed E-state index contributed by atoms with van der Waals surface area (Å²) in [5.41, 5.74) is -0.521. The van der Waals surface area contributed by atoms with Crippen LogP contribution in [-0.4, -0.2) is 28.8 Å². The number of allylic oxidation sites excluding steroid dienone is 1. The van der Waals surface area contributed by atoms with Crippen LogP contribution >= 0.6 is 0 Å². The van der Waals surface area contributed by atoms with Gasteiger partial charge in [0.05, 0.1) is 12.5 Å². The van der Waals surface area contributed by atoms with E-state index in [4.69, 9.17) is 9.84 Å². The van der Waals surface area contributed by atoms with Crippen molar-refractivity contribution in [1.29, 1.82) is 0 Å². The van der Waals surface area contributed by atoms with Crippen molar-refractivity contribution in [3.05, 3.63) is 12.2 Å². The van der Waals surface area contributed by atoms with Gasteiger partial charge in [-0.3, -0.25) is 4.79 Å². The van der Waals surface area contributed by atoms with Crippen molar-refractivity contribution < 1.29 is 19.4 Å². The molecule has 0 aromatic rings. The third kappa shape index (κ3) is 5.38. The standard InChI is InChI=1S/C12H19NO4/c1-12(2,3)17-11(16)13-9-5-4-8(6-9)7-10(14)15/h4-5,8-9H,6-7H2,1-3H3,(H,13,16)(H,14,15)/t8-,9+/m1/s1. The van der Waals surface area contributed by atoms with Gasteiger partial charge in [0.1, 0.15) is 5.60 Å². The van der Waals surface area contributed by atoms with Crippen LogP contribution in [-0.2, 0) is 9.53 Å². The van der Waals surface area contributed by atoms with Crippen molar-refractivity contribution in [3.8, 4) is 0 Å². The van der Waals surface area contributed by atoms with Gasteiger partial charge < -0.3 is 15.2 Å². The number of carbonyl (C=O) groups excluding carboxylic acids is 1. The molecule has 0 saturated heterocycles. The van der Waals surface area contributed by atoms with E-state index in [1.54, 1.807) is 20.8 Å². The fourth-order valence-corrected chi connectivity index (χ4v) is 1.72. The average molecular weight is 241 g/mol. The minimum absolute atomic E-state index is 0.00700. The highest BCUT2D eigenvalue weighted by molar-refractivity contribution is 5.69. The second-order valence-electron chi connectivity index (χ2n) is 5.23. The minimum atomic E-state index is -0.822. The van der Waals surface area contributed by atoms with E-state index in [9.17, 15) is 9.59 Å². The number of hydrogen-bond acceptors (Lipinski definition) is 3. The van der Waals surface area contributed by atoms with Gasteiger partial charge in [-0.15, -0.1) is 0 Å². The molecule has 0 radical (unpaired) electrons. The van der Waals surface area contributed by atoms with Crippen LogP contribution < -0.4 is 5.32 Å². The second-order valence-corrected chi connectivity index (χ2v) is 5.23. The molecule has 0 spiro atoms. The summed E-state index contributed by atoms with van der Waals surface area (Å²) in [5.74, 6) is -0.829. The lowest BCUT2D eigenvalue weighted by molar-refractivity contribution is -0.137. The molecular weight excluding hydrogens is 222 g/mol. The summed E-state index contributed by atoms with van der Waals surface area (Å²) in [6.07, 6.45) is 3.89. The number of ether oxygens (including phenoxy) is 1. The second kappa shape index (κ2) is 5.21. The van der Waals surface area contributed by atoms with Crippen LogP contribution in [0.5, 0.6) is 0 Å². The molecule has 0 unspecified atom stereocenters. The molecule has 0 bridgehead atoms. The molecule has 0 saturated carbocycles. The molecule has 2 atom stereocenters. The molecule has 1 rings (SSSR count). The van der Waals surface area contributed by atoms with Gasteiger partial charge in [0.25, 0.3) is 0 Å². The molecule has 0 aliphatic heterocycles. The summed E-state index contributed by atoms with van der Waals surface area (Å²) in [4.78, 5) is 22.0. The number of amides is 1. The van der Waals surface area contributed by atoms with Crippen LogP contribution in [0.15, 0.2) is 12.2 Å². The van der Waals surface area contributed by atoms with Gasteiger partial charge in [-0.25, -0.2) is 4.79 Å². The zero-order valence-corrected chi connectivity index (χ0v) is 10.4. The molecular formula is C12H19NO4. The molecule has 0 aromatic carbocycles. The van der Waals surface area contributed by atoms with Crippen molar-refractivity contribution in [3.63, 3.8) is 0 Å². The van der Waals surface area contributed by atoms with Gasteiger partial charge in [0.15, 0.2) is 0 Å². The van der Waals surface area contributed by atoms with Crippen molar-refractivity contribution in [1.82, 2.24) is 5.32 Å². The number of carboxylic acid groups (broad SMARTS) is 1. The quantitative estimate of drug-likeness (QED) is 0.740. The van der Waals surface area contributed by atoms with E-state index in [-0.39, 0.29) is 18.4 Å². The Kier molecular flexibility index (Phi) is 4.15. The van der Waals surface area contributed by atoms with Gasteiger partial charge in [-0.1, -0.05) is 12.2 Å². The van der Waals surface area contributed by atoms with E-state index in [0.717, 1.165) is 0 Å². The molecule has 0 heterocycles. The summed E-state index contributed by atoms with van der Waals surface area (Å²) >= 11 is 0. The monoisotopic (exact) mass is 241 g/mol. The maximum Gasteiger partial charge on any atom is 0.408 e. The number of nitrogens with one attached hydrogen (secondary N) is 1. The van der Waals surface area contributed by atoms with Crippen LogP contribution in [0.2, 0.25) is 0 Å². The minimum Gasteiger partial charge on any atom is -0.481 e. The number of alkyl carbamates (subject to hydrolysis) is 1. The first kappa shape index (κ1) is 13.5. The van der Waals surface area contributed by atoms with Crippen molar-refractivity contribution >= 4 is 12.1 Å². The fourth-order valence-electron chi connectivity index (χ4n) is 1.72. The molecule has 5 nitrogen and oxygen atoms in total. The lowest BCUT2D eigenvalue weighted by Gasteiger charge is -2.21. The average Bonchev–Trinajstić information content (AvgIpc) is 2.46. The number of hydrogen-bond donors (Lipinski definition) is 2. The van der Waals surface area contributed by atoms with Gasteiger partial charge in [0, 0.05) is 0 Å². The summed E-state index contributed by atoms with van der Waals surface area (Å²) in [6.45, 7) is 5.39. The van der Waals surface area contributed by atoms with Crippen LogP contribution in [0.25, 0.3) is 0 Å². The predicted octanol–water partition coefficient (Wildman–Crippen LogP) is 1.93. The molecule has 17 heavy (non-hydrogen) atoms. The number of carboxylic acids is 1. The first-order valence-electron chi connectivity index (χ1n) is 5.66. The van der Waals surface area contributed by atoms with Crippen LogP contribution in [0.1, 0.15) is 33.6 Å². The molecule has 0 aromatic heterocycles. The lowest BCUT2D eigenvalue weighted by atomic mass is 10.0. The zero-order valence-electron chi connectivity index (χ0n) is 10.4. The van der Waals surface area contributed by atoms with Gasteiger partial charge >= 0.3 is 12.1 Å². The van der Waals surface area contributed by atoms with Crippen molar-refractivity contribution in [2.45, 2.75) is 45.3 Å². The van der Waals surface area contributed by atoms with E-state index in [0.29, 0.717) is 6.42 Å². The van der Waals surface area contributed by atoms with Crippen LogP contribution in [0, 0.1) is 5.92 Å². The van der Waals surface area contributed by atoms with Gasteiger partial charge in [-0.05, 0) is 33.1 Å². The summed E-state index contributed by atoms with van der Waals surface area (Å²) in [6, 6.07) is -0.130. The third-order valence-electron chi connectivity index (χ3n) is 2.31. The van der Waals surface area contributed by atoms with Crippen molar-refractivity contribution in [2.24, 2.45) is 5.92 Å². The van der Waals surface area contributed by atoms with E-state index < -0.39 is 17.7 Å². The first-order valence-corrected chi connectivity index (χ1v) is 5.66. The Balaban J connectivity index is 2.34.